The molecule has 1 aliphatic rings. The Morgan fingerprint density at radius 1 is 1.32 bits per heavy atom. The van der Waals surface area contributed by atoms with E-state index < -0.39 is 5.63 Å². The van der Waals surface area contributed by atoms with Crippen molar-refractivity contribution >= 4 is 29.3 Å². The molecule has 118 valence electrons. The molecule has 2 N–H and O–H groups in total. The molecule has 22 heavy (non-hydrogen) atoms. The van der Waals surface area contributed by atoms with Crippen molar-refractivity contribution in [2.75, 3.05) is 26.2 Å². The SMILES string of the molecule is Cl.O=C(COc1ccc2ccc(=O)oc2c1)NCC1CNC1. The van der Waals surface area contributed by atoms with E-state index in [1.807, 2.05) is 0 Å². The van der Waals surface area contributed by atoms with Gasteiger partial charge in [-0.1, -0.05) is 0 Å². The van der Waals surface area contributed by atoms with Crippen LogP contribution in [-0.2, 0) is 4.79 Å². The zero-order chi connectivity index (χ0) is 14.7. The molecule has 0 unspecified atom stereocenters. The number of carbonyl (C=O) groups is 1. The van der Waals surface area contributed by atoms with Crippen LogP contribution in [0.1, 0.15) is 0 Å². The van der Waals surface area contributed by atoms with Gasteiger partial charge in [0.15, 0.2) is 6.61 Å². The van der Waals surface area contributed by atoms with Gasteiger partial charge >= 0.3 is 5.63 Å². The van der Waals surface area contributed by atoms with Gasteiger partial charge in [-0.05, 0) is 18.2 Å². The topological polar surface area (TPSA) is 80.6 Å². The molecule has 1 fully saturated rings. The van der Waals surface area contributed by atoms with Crippen molar-refractivity contribution in [3.8, 4) is 5.75 Å². The molecule has 1 aliphatic heterocycles. The van der Waals surface area contributed by atoms with Crippen molar-refractivity contribution in [3.05, 3.63) is 40.8 Å². The molecule has 0 aliphatic carbocycles. The van der Waals surface area contributed by atoms with Crippen LogP contribution in [0.5, 0.6) is 5.75 Å². The van der Waals surface area contributed by atoms with E-state index in [1.165, 1.54) is 6.07 Å². The average molecular weight is 325 g/mol. The van der Waals surface area contributed by atoms with Crippen LogP contribution >= 0.6 is 12.4 Å². The number of halogens is 1. The van der Waals surface area contributed by atoms with Crippen LogP contribution < -0.4 is 21.0 Å². The number of hydrogen-bond donors (Lipinski definition) is 2. The maximum atomic E-state index is 11.6. The number of nitrogens with one attached hydrogen (secondary N) is 2. The molecule has 0 saturated carbocycles. The fraction of sp³-hybridized carbons (Fsp3) is 0.333. The third-order valence-electron chi connectivity index (χ3n) is 3.42. The minimum Gasteiger partial charge on any atom is -0.484 e. The van der Waals surface area contributed by atoms with Crippen LogP contribution in [0.3, 0.4) is 0 Å². The molecule has 1 aromatic carbocycles. The lowest BCUT2D eigenvalue weighted by molar-refractivity contribution is -0.123. The minimum absolute atomic E-state index is 0. The summed E-state index contributed by atoms with van der Waals surface area (Å²) in [5.74, 6) is 0.859. The van der Waals surface area contributed by atoms with Crippen LogP contribution in [0.2, 0.25) is 0 Å². The molecule has 2 aromatic rings. The van der Waals surface area contributed by atoms with Crippen LogP contribution in [0.25, 0.3) is 11.0 Å². The molecule has 3 rings (SSSR count). The Hall–Kier alpha value is -2.05. The molecule has 7 heteroatoms. The van der Waals surface area contributed by atoms with Gasteiger partial charge in [0.05, 0.1) is 0 Å². The molecule has 0 radical (unpaired) electrons. The lowest BCUT2D eigenvalue weighted by atomic mass is 10.0. The van der Waals surface area contributed by atoms with Crippen molar-refractivity contribution in [1.82, 2.24) is 10.6 Å². The summed E-state index contributed by atoms with van der Waals surface area (Å²) in [6, 6.07) is 8.19. The summed E-state index contributed by atoms with van der Waals surface area (Å²) in [6.07, 6.45) is 0. The minimum atomic E-state index is -0.411. The Bertz CT molecular complexity index is 712. The largest absolute Gasteiger partial charge is 0.484 e. The van der Waals surface area contributed by atoms with E-state index in [9.17, 15) is 9.59 Å². The van der Waals surface area contributed by atoms with Gasteiger partial charge in [0.2, 0.25) is 0 Å². The Balaban J connectivity index is 0.00000176. The first-order chi connectivity index (χ1) is 10.2. The monoisotopic (exact) mass is 324 g/mol. The first-order valence-electron chi connectivity index (χ1n) is 6.85. The first-order valence-corrected chi connectivity index (χ1v) is 6.85. The molecule has 1 aromatic heterocycles. The molecule has 1 saturated heterocycles. The fourth-order valence-corrected chi connectivity index (χ4v) is 2.08. The molecule has 2 heterocycles. The Kier molecular flexibility index (Phi) is 5.41. The normalized spacial score (nSPS) is 14.0. The van der Waals surface area contributed by atoms with E-state index in [-0.39, 0.29) is 24.9 Å². The predicted molar refractivity (Wildman–Crippen MR) is 84.6 cm³/mol. The van der Waals surface area contributed by atoms with Crippen LogP contribution in [0, 0.1) is 5.92 Å². The smallest absolute Gasteiger partial charge is 0.336 e. The third-order valence-corrected chi connectivity index (χ3v) is 3.42. The van der Waals surface area contributed by atoms with Crippen LogP contribution in [-0.4, -0.2) is 32.1 Å². The summed E-state index contributed by atoms with van der Waals surface area (Å²) in [4.78, 5) is 22.8. The van der Waals surface area contributed by atoms with Gasteiger partial charge in [0, 0.05) is 43.1 Å². The first kappa shape index (κ1) is 16.3. The molecule has 1 amide bonds. The summed E-state index contributed by atoms with van der Waals surface area (Å²) in [5.41, 5.74) is 0.0347. The highest BCUT2D eigenvalue weighted by Crippen LogP contribution is 2.19. The highest BCUT2D eigenvalue weighted by atomic mass is 35.5. The summed E-state index contributed by atoms with van der Waals surface area (Å²) in [6.45, 7) is 2.51. The van der Waals surface area contributed by atoms with Crippen molar-refractivity contribution in [1.29, 1.82) is 0 Å². The van der Waals surface area contributed by atoms with Crippen molar-refractivity contribution < 1.29 is 13.9 Å². The second kappa shape index (κ2) is 7.29. The van der Waals surface area contributed by atoms with Crippen molar-refractivity contribution in [2.24, 2.45) is 5.92 Å². The number of rotatable bonds is 5. The van der Waals surface area contributed by atoms with Crippen molar-refractivity contribution in [2.45, 2.75) is 0 Å². The lowest BCUT2D eigenvalue weighted by Crippen LogP contribution is -2.48. The molecule has 6 nitrogen and oxygen atoms in total. The number of amides is 1. The quantitative estimate of drug-likeness (QED) is 0.800. The van der Waals surface area contributed by atoms with E-state index in [4.69, 9.17) is 9.15 Å². The highest BCUT2D eigenvalue weighted by molar-refractivity contribution is 5.85. The van der Waals surface area contributed by atoms with Gasteiger partial charge in [0.1, 0.15) is 11.3 Å². The average Bonchev–Trinajstić information content (AvgIpc) is 2.43. The number of fused-ring (bicyclic) bond motifs is 1. The van der Waals surface area contributed by atoms with Gasteiger partial charge in [0.25, 0.3) is 5.91 Å². The number of hydrogen-bond acceptors (Lipinski definition) is 5. The summed E-state index contributed by atoms with van der Waals surface area (Å²) < 4.78 is 10.5. The molecule has 0 bridgehead atoms. The zero-order valence-corrected chi connectivity index (χ0v) is 12.7. The number of ether oxygens (including phenoxy) is 1. The predicted octanol–water partition coefficient (Wildman–Crippen LogP) is 0.929. The van der Waals surface area contributed by atoms with Crippen LogP contribution in [0.4, 0.5) is 0 Å². The molecule has 0 atom stereocenters. The van der Waals surface area contributed by atoms with Gasteiger partial charge in [-0.3, -0.25) is 4.79 Å². The van der Waals surface area contributed by atoms with E-state index in [2.05, 4.69) is 10.6 Å². The standard InChI is InChI=1S/C15H16N2O4.ClH/c18-14(17-8-10-6-16-7-10)9-20-12-3-1-11-2-4-15(19)21-13(11)5-12;/h1-5,10,16H,6-9H2,(H,17,18);1H. The Morgan fingerprint density at radius 2 is 2.09 bits per heavy atom. The van der Waals surface area contributed by atoms with Crippen LogP contribution in [0.15, 0.2) is 39.5 Å². The highest BCUT2D eigenvalue weighted by Gasteiger charge is 2.17. The molecular weight excluding hydrogens is 308 g/mol. The van der Waals surface area contributed by atoms with E-state index in [0.717, 1.165) is 18.5 Å². The maximum absolute atomic E-state index is 11.6. The summed E-state index contributed by atoms with van der Waals surface area (Å²) in [5, 5.41) is 6.78. The van der Waals surface area contributed by atoms with Crippen molar-refractivity contribution in [3.63, 3.8) is 0 Å². The van der Waals surface area contributed by atoms with Gasteiger partial charge < -0.3 is 19.8 Å². The zero-order valence-electron chi connectivity index (χ0n) is 11.8. The lowest BCUT2D eigenvalue weighted by Gasteiger charge is -2.27. The van der Waals surface area contributed by atoms with Gasteiger partial charge in [-0.15, -0.1) is 12.4 Å². The fourth-order valence-electron chi connectivity index (χ4n) is 2.08. The second-order valence-electron chi connectivity index (χ2n) is 5.07. The van der Waals surface area contributed by atoms with Gasteiger partial charge in [-0.25, -0.2) is 4.79 Å². The third kappa shape index (κ3) is 3.99. The van der Waals surface area contributed by atoms with E-state index in [0.29, 0.717) is 23.8 Å². The number of carbonyl (C=O) groups excluding carboxylic acids is 1. The summed E-state index contributed by atoms with van der Waals surface area (Å²) in [7, 11) is 0. The second-order valence-corrected chi connectivity index (χ2v) is 5.07. The van der Waals surface area contributed by atoms with Gasteiger partial charge in [-0.2, -0.15) is 0 Å². The van der Waals surface area contributed by atoms with E-state index in [1.54, 1.807) is 24.3 Å². The maximum Gasteiger partial charge on any atom is 0.336 e. The van der Waals surface area contributed by atoms with E-state index >= 15 is 0 Å². The molecular formula is C15H17ClN2O4. The Labute approximate surface area is 133 Å². The Morgan fingerprint density at radius 3 is 2.82 bits per heavy atom. The summed E-state index contributed by atoms with van der Waals surface area (Å²) >= 11 is 0. The molecule has 0 spiro atoms. The number of benzene rings is 1.